The Labute approximate surface area is 128 Å². The van der Waals surface area contributed by atoms with Crippen LogP contribution in [0.2, 0.25) is 0 Å². The van der Waals surface area contributed by atoms with Crippen LogP contribution in [0.5, 0.6) is 0 Å². The highest BCUT2D eigenvalue weighted by Crippen LogP contribution is 2.20. The van der Waals surface area contributed by atoms with Crippen molar-refractivity contribution < 1.29 is 0 Å². The minimum absolute atomic E-state index is 0.0330. The van der Waals surface area contributed by atoms with Gasteiger partial charge in [-0.15, -0.1) is 0 Å². The lowest BCUT2D eigenvalue weighted by Gasteiger charge is -2.16. The summed E-state index contributed by atoms with van der Waals surface area (Å²) >= 11 is 6.81. The van der Waals surface area contributed by atoms with Crippen LogP contribution < -0.4 is 5.56 Å². The molecule has 0 spiro atoms. The SMILES string of the molecule is Cc1ncn(CC(CBr)c2ccccc2)c(=O)c1Br. The molecule has 0 saturated heterocycles. The van der Waals surface area contributed by atoms with Gasteiger partial charge in [0.25, 0.3) is 5.56 Å². The molecule has 1 aromatic heterocycles. The number of alkyl halides is 1. The second-order valence-corrected chi connectivity index (χ2v) is 5.80. The number of aromatic nitrogens is 2. The van der Waals surface area contributed by atoms with Crippen molar-refractivity contribution in [1.29, 1.82) is 0 Å². The van der Waals surface area contributed by atoms with Gasteiger partial charge in [-0.05, 0) is 28.4 Å². The summed E-state index contributed by atoms with van der Waals surface area (Å²) in [6.45, 7) is 2.43. The number of hydrogen-bond donors (Lipinski definition) is 0. The Hall–Kier alpha value is -0.940. The summed E-state index contributed by atoms with van der Waals surface area (Å²) < 4.78 is 2.19. The number of halogens is 2. The Bertz CT molecular complexity index is 611. The first-order valence-corrected chi connectivity index (χ1v) is 7.87. The van der Waals surface area contributed by atoms with Crippen molar-refractivity contribution >= 4 is 31.9 Å². The van der Waals surface area contributed by atoms with Crippen molar-refractivity contribution in [2.24, 2.45) is 0 Å². The molecular formula is C14H14Br2N2O. The predicted octanol–water partition coefficient (Wildman–Crippen LogP) is 3.49. The highest BCUT2D eigenvalue weighted by atomic mass is 79.9. The number of rotatable bonds is 4. The van der Waals surface area contributed by atoms with Crippen molar-refractivity contribution in [3.8, 4) is 0 Å². The highest BCUT2D eigenvalue weighted by molar-refractivity contribution is 9.10. The lowest BCUT2D eigenvalue weighted by atomic mass is 10.0. The zero-order valence-electron chi connectivity index (χ0n) is 10.5. The Kier molecular flexibility index (Phi) is 4.93. The van der Waals surface area contributed by atoms with Crippen LogP contribution in [0.3, 0.4) is 0 Å². The second-order valence-electron chi connectivity index (χ2n) is 4.36. The molecule has 100 valence electrons. The molecule has 5 heteroatoms. The summed E-state index contributed by atoms with van der Waals surface area (Å²) in [5, 5.41) is 0.801. The molecule has 0 N–H and O–H groups in total. The molecule has 0 aliphatic carbocycles. The van der Waals surface area contributed by atoms with Gasteiger partial charge in [-0.25, -0.2) is 4.98 Å². The van der Waals surface area contributed by atoms with E-state index < -0.39 is 0 Å². The van der Waals surface area contributed by atoms with Gasteiger partial charge in [0, 0.05) is 17.8 Å². The maximum absolute atomic E-state index is 12.1. The summed E-state index contributed by atoms with van der Waals surface area (Å²) in [5.41, 5.74) is 1.90. The van der Waals surface area contributed by atoms with Crippen LogP contribution in [0.15, 0.2) is 45.9 Å². The van der Waals surface area contributed by atoms with Crippen LogP contribution in [0, 0.1) is 6.92 Å². The fourth-order valence-corrected chi connectivity index (χ4v) is 2.79. The smallest absolute Gasteiger partial charge is 0.267 e. The van der Waals surface area contributed by atoms with Crippen molar-refractivity contribution in [2.45, 2.75) is 19.4 Å². The fraction of sp³-hybridized carbons (Fsp3) is 0.286. The van der Waals surface area contributed by atoms with Crippen LogP contribution in [0.25, 0.3) is 0 Å². The predicted molar refractivity (Wildman–Crippen MR) is 83.9 cm³/mol. The number of benzene rings is 1. The Morgan fingerprint density at radius 3 is 2.63 bits per heavy atom. The van der Waals surface area contributed by atoms with Crippen molar-refractivity contribution in [2.75, 3.05) is 5.33 Å². The van der Waals surface area contributed by atoms with Gasteiger partial charge in [-0.3, -0.25) is 9.36 Å². The quantitative estimate of drug-likeness (QED) is 0.755. The summed E-state index contributed by atoms with van der Waals surface area (Å²) in [5.74, 6) is 0.246. The van der Waals surface area contributed by atoms with E-state index in [0.29, 0.717) is 11.0 Å². The minimum Gasteiger partial charge on any atom is -0.298 e. The molecule has 0 fully saturated rings. The standard InChI is InChI=1S/C14H14Br2N2O/c1-10-13(16)14(19)18(9-17-10)8-12(7-15)11-5-3-2-4-6-11/h2-6,9,12H,7-8H2,1H3. The van der Waals surface area contributed by atoms with Crippen molar-refractivity contribution in [1.82, 2.24) is 9.55 Å². The monoisotopic (exact) mass is 384 g/mol. The molecule has 0 radical (unpaired) electrons. The van der Waals surface area contributed by atoms with Crippen LogP contribution >= 0.6 is 31.9 Å². The van der Waals surface area contributed by atoms with Crippen LogP contribution in [0.4, 0.5) is 0 Å². The van der Waals surface area contributed by atoms with E-state index in [9.17, 15) is 4.79 Å². The van der Waals surface area contributed by atoms with E-state index in [2.05, 4.69) is 49.0 Å². The second kappa shape index (κ2) is 6.48. The van der Waals surface area contributed by atoms with Crippen LogP contribution in [-0.4, -0.2) is 14.9 Å². The molecule has 1 aromatic carbocycles. The molecule has 1 heterocycles. The molecule has 0 amide bonds. The first-order valence-electron chi connectivity index (χ1n) is 5.96. The zero-order valence-corrected chi connectivity index (χ0v) is 13.7. The maximum Gasteiger partial charge on any atom is 0.267 e. The largest absolute Gasteiger partial charge is 0.298 e. The zero-order chi connectivity index (χ0) is 13.8. The molecule has 3 nitrogen and oxygen atoms in total. The third kappa shape index (κ3) is 3.34. The van der Waals surface area contributed by atoms with E-state index in [1.165, 1.54) is 5.56 Å². The van der Waals surface area contributed by atoms with E-state index in [-0.39, 0.29) is 11.5 Å². The van der Waals surface area contributed by atoms with Gasteiger partial charge in [-0.1, -0.05) is 46.3 Å². The average Bonchev–Trinajstić information content (AvgIpc) is 2.45. The molecule has 19 heavy (non-hydrogen) atoms. The van der Waals surface area contributed by atoms with E-state index in [1.807, 2.05) is 25.1 Å². The Morgan fingerprint density at radius 2 is 2.00 bits per heavy atom. The lowest BCUT2D eigenvalue weighted by Crippen LogP contribution is -2.25. The van der Waals surface area contributed by atoms with Crippen LogP contribution in [0.1, 0.15) is 17.2 Å². The van der Waals surface area contributed by atoms with E-state index in [1.54, 1.807) is 10.9 Å². The first kappa shape index (κ1) is 14.5. The molecular weight excluding hydrogens is 372 g/mol. The Balaban J connectivity index is 2.30. The molecule has 0 aliphatic heterocycles. The van der Waals surface area contributed by atoms with Crippen LogP contribution in [-0.2, 0) is 6.54 Å². The molecule has 0 saturated carbocycles. The third-order valence-electron chi connectivity index (χ3n) is 3.03. The number of nitrogens with zero attached hydrogens (tertiary/aromatic N) is 2. The van der Waals surface area contributed by atoms with Gasteiger partial charge >= 0.3 is 0 Å². The summed E-state index contributed by atoms with van der Waals surface area (Å²) in [7, 11) is 0. The Morgan fingerprint density at radius 1 is 1.32 bits per heavy atom. The topological polar surface area (TPSA) is 34.9 Å². The fourth-order valence-electron chi connectivity index (χ4n) is 1.88. The number of hydrogen-bond acceptors (Lipinski definition) is 2. The first-order chi connectivity index (χ1) is 9.13. The van der Waals surface area contributed by atoms with Gasteiger partial charge in [0.05, 0.1) is 12.0 Å². The van der Waals surface area contributed by atoms with Gasteiger partial charge in [0.15, 0.2) is 0 Å². The number of aryl methyl sites for hydroxylation is 1. The van der Waals surface area contributed by atoms with Gasteiger partial charge in [0.2, 0.25) is 0 Å². The molecule has 0 aliphatic rings. The molecule has 1 atom stereocenters. The summed E-state index contributed by atoms with van der Waals surface area (Å²) in [4.78, 5) is 16.4. The van der Waals surface area contributed by atoms with Crippen molar-refractivity contribution in [3.63, 3.8) is 0 Å². The minimum atomic E-state index is -0.0330. The highest BCUT2D eigenvalue weighted by Gasteiger charge is 2.13. The third-order valence-corrected chi connectivity index (χ3v) is 4.73. The van der Waals surface area contributed by atoms with Crippen molar-refractivity contribution in [3.05, 3.63) is 62.7 Å². The van der Waals surface area contributed by atoms with Gasteiger partial charge < -0.3 is 0 Å². The molecule has 2 aromatic rings. The average molecular weight is 386 g/mol. The maximum atomic E-state index is 12.1. The molecule has 0 bridgehead atoms. The van der Waals surface area contributed by atoms with Gasteiger partial charge in [0.1, 0.15) is 4.47 Å². The summed E-state index contributed by atoms with van der Waals surface area (Å²) in [6, 6.07) is 10.2. The molecule has 1 unspecified atom stereocenters. The van der Waals surface area contributed by atoms with Gasteiger partial charge in [-0.2, -0.15) is 0 Å². The van der Waals surface area contributed by atoms with E-state index >= 15 is 0 Å². The summed E-state index contributed by atoms with van der Waals surface area (Å²) in [6.07, 6.45) is 1.61. The normalized spacial score (nSPS) is 12.4. The molecule has 2 rings (SSSR count). The van der Waals surface area contributed by atoms with E-state index in [4.69, 9.17) is 0 Å². The van der Waals surface area contributed by atoms with E-state index in [0.717, 1.165) is 11.0 Å². The lowest BCUT2D eigenvalue weighted by molar-refractivity contribution is 0.575.